The Kier molecular flexibility index (Phi) is 9.47. The Morgan fingerprint density at radius 1 is 0.946 bits per heavy atom. The number of benzene rings is 3. The molecule has 0 bridgehead atoms. The molecule has 37 heavy (non-hydrogen) atoms. The molecule has 0 radical (unpaired) electrons. The highest BCUT2D eigenvalue weighted by Gasteiger charge is 2.32. The van der Waals surface area contributed by atoms with Crippen molar-refractivity contribution in [3.05, 3.63) is 92.9 Å². The smallest absolute Gasteiger partial charge is 0.264 e. The van der Waals surface area contributed by atoms with E-state index in [0.717, 1.165) is 9.87 Å². The van der Waals surface area contributed by atoms with Crippen LogP contribution in [0.15, 0.2) is 71.6 Å². The van der Waals surface area contributed by atoms with Gasteiger partial charge in [-0.05, 0) is 61.9 Å². The summed E-state index contributed by atoms with van der Waals surface area (Å²) in [6.45, 7) is 2.77. The van der Waals surface area contributed by atoms with Gasteiger partial charge in [-0.3, -0.25) is 13.9 Å². The first-order valence-corrected chi connectivity index (χ1v) is 13.8. The largest absolute Gasteiger partial charge is 0.357 e. The average Bonchev–Trinajstić information content (AvgIpc) is 2.86. The van der Waals surface area contributed by atoms with Gasteiger partial charge in [-0.1, -0.05) is 64.6 Å². The molecular weight excluding hydrogens is 557 g/mol. The second-order valence-corrected chi connectivity index (χ2v) is 11.5. The SMILES string of the molecule is CNC(=O)[C@H](C)N(Cc1ccc(Cl)cc1Cl)C(=O)CN(c1cccc(Cl)c1)S(=O)(=O)c1ccc(C)cc1. The van der Waals surface area contributed by atoms with Crippen LogP contribution in [0.4, 0.5) is 5.69 Å². The van der Waals surface area contributed by atoms with Crippen LogP contribution in [-0.2, 0) is 26.2 Å². The van der Waals surface area contributed by atoms with Crippen molar-refractivity contribution in [3.63, 3.8) is 0 Å². The number of hydrogen-bond acceptors (Lipinski definition) is 4. The van der Waals surface area contributed by atoms with Gasteiger partial charge in [0, 0.05) is 28.7 Å². The number of sulfonamides is 1. The molecule has 0 fully saturated rings. The Bertz CT molecular complexity index is 1400. The van der Waals surface area contributed by atoms with E-state index in [9.17, 15) is 18.0 Å². The Labute approximate surface area is 232 Å². The zero-order chi connectivity index (χ0) is 27.3. The molecule has 0 aliphatic heterocycles. The maximum Gasteiger partial charge on any atom is 0.264 e. The minimum atomic E-state index is -4.17. The molecule has 3 rings (SSSR count). The fourth-order valence-corrected chi connectivity index (χ4v) is 5.68. The summed E-state index contributed by atoms with van der Waals surface area (Å²) in [6, 6.07) is 16.4. The van der Waals surface area contributed by atoms with Gasteiger partial charge in [-0.2, -0.15) is 0 Å². The molecule has 2 amide bonds. The highest BCUT2D eigenvalue weighted by atomic mass is 35.5. The quantitative estimate of drug-likeness (QED) is 0.370. The number of hydrogen-bond donors (Lipinski definition) is 1. The summed E-state index contributed by atoms with van der Waals surface area (Å²) in [5, 5.41) is 3.56. The monoisotopic (exact) mass is 581 g/mol. The van der Waals surface area contributed by atoms with Crippen LogP contribution in [0.2, 0.25) is 15.1 Å². The van der Waals surface area contributed by atoms with E-state index in [-0.39, 0.29) is 17.1 Å². The van der Waals surface area contributed by atoms with E-state index in [1.54, 1.807) is 49.4 Å². The molecule has 0 saturated carbocycles. The van der Waals surface area contributed by atoms with Crippen LogP contribution in [-0.4, -0.2) is 44.8 Å². The fraction of sp³-hybridized carbons (Fsp3) is 0.231. The molecule has 3 aromatic rings. The summed E-state index contributed by atoms with van der Waals surface area (Å²) >= 11 is 18.5. The zero-order valence-corrected chi connectivity index (χ0v) is 23.5. The molecule has 0 saturated heterocycles. The van der Waals surface area contributed by atoms with Crippen LogP contribution < -0.4 is 9.62 Å². The van der Waals surface area contributed by atoms with Gasteiger partial charge in [0.25, 0.3) is 10.0 Å². The number of nitrogens with one attached hydrogen (secondary N) is 1. The lowest BCUT2D eigenvalue weighted by molar-refractivity contribution is -0.139. The third-order valence-corrected chi connectivity index (χ3v) is 8.36. The maximum atomic E-state index is 13.7. The highest BCUT2D eigenvalue weighted by Crippen LogP contribution is 2.28. The molecule has 11 heteroatoms. The predicted molar refractivity (Wildman–Crippen MR) is 148 cm³/mol. The summed E-state index contributed by atoms with van der Waals surface area (Å²) in [5.41, 5.74) is 1.64. The van der Waals surface area contributed by atoms with Crippen molar-refractivity contribution < 1.29 is 18.0 Å². The van der Waals surface area contributed by atoms with Gasteiger partial charge in [0.15, 0.2) is 0 Å². The summed E-state index contributed by atoms with van der Waals surface area (Å²) < 4.78 is 28.4. The van der Waals surface area contributed by atoms with Gasteiger partial charge in [0.1, 0.15) is 12.6 Å². The van der Waals surface area contributed by atoms with E-state index in [2.05, 4.69) is 5.32 Å². The Balaban J connectivity index is 2.05. The number of amides is 2. The number of aryl methyl sites for hydroxylation is 1. The summed E-state index contributed by atoms with van der Waals surface area (Å²) in [4.78, 5) is 27.5. The Morgan fingerprint density at radius 2 is 1.59 bits per heavy atom. The summed E-state index contributed by atoms with van der Waals surface area (Å²) in [6.07, 6.45) is 0. The lowest BCUT2D eigenvalue weighted by atomic mass is 10.1. The molecule has 1 atom stereocenters. The van der Waals surface area contributed by atoms with Crippen LogP contribution >= 0.6 is 34.8 Å². The number of anilines is 1. The molecule has 0 unspecified atom stereocenters. The van der Waals surface area contributed by atoms with Crippen molar-refractivity contribution in [2.45, 2.75) is 31.3 Å². The Hall–Kier alpha value is -2.78. The van der Waals surface area contributed by atoms with Crippen molar-refractivity contribution in [2.24, 2.45) is 0 Å². The second kappa shape index (κ2) is 12.2. The first kappa shape index (κ1) is 28.8. The second-order valence-electron chi connectivity index (χ2n) is 8.35. The minimum Gasteiger partial charge on any atom is -0.357 e. The minimum absolute atomic E-state index is 0.0116. The van der Waals surface area contributed by atoms with Crippen molar-refractivity contribution in [1.29, 1.82) is 0 Å². The molecule has 0 heterocycles. The van der Waals surface area contributed by atoms with E-state index in [0.29, 0.717) is 20.6 Å². The average molecular weight is 583 g/mol. The van der Waals surface area contributed by atoms with E-state index in [1.807, 2.05) is 6.92 Å². The molecule has 3 aromatic carbocycles. The number of nitrogens with zero attached hydrogens (tertiary/aromatic N) is 2. The number of halogens is 3. The van der Waals surface area contributed by atoms with Crippen LogP contribution in [0.1, 0.15) is 18.1 Å². The van der Waals surface area contributed by atoms with Crippen molar-refractivity contribution in [3.8, 4) is 0 Å². The van der Waals surface area contributed by atoms with Crippen molar-refractivity contribution in [2.75, 3.05) is 17.9 Å². The van der Waals surface area contributed by atoms with Gasteiger partial charge in [-0.25, -0.2) is 8.42 Å². The van der Waals surface area contributed by atoms with Gasteiger partial charge in [0.2, 0.25) is 11.8 Å². The van der Waals surface area contributed by atoms with E-state index >= 15 is 0 Å². The van der Waals surface area contributed by atoms with Gasteiger partial charge in [-0.15, -0.1) is 0 Å². The molecule has 0 aliphatic carbocycles. The van der Waals surface area contributed by atoms with Crippen molar-refractivity contribution >= 4 is 62.3 Å². The molecule has 0 spiro atoms. The lowest BCUT2D eigenvalue weighted by Crippen LogP contribution is -2.50. The standard InChI is InChI=1S/C26H26Cl3N3O4S/c1-17-7-11-23(12-8-17)37(35,36)32(22-6-4-5-20(27)13-22)16-25(33)31(18(2)26(34)30-3)15-19-9-10-21(28)14-24(19)29/h4-14,18H,15-16H2,1-3H3,(H,30,34)/t18-/m0/s1. The van der Waals surface area contributed by atoms with Crippen LogP contribution in [0.5, 0.6) is 0 Å². The maximum absolute atomic E-state index is 13.7. The number of carbonyl (C=O) groups is 2. The predicted octanol–water partition coefficient (Wildman–Crippen LogP) is 5.31. The number of carbonyl (C=O) groups excluding carboxylic acids is 2. The van der Waals surface area contributed by atoms with Gasteiger partial charge < -0.3 is 10.2 Å². The third-order valence-electron chi connectivity index (χ3n) is 5.75. The van der Waals surface area contributed by atoms with Crippen LogP contribution in [0.25, 0.3) is 0 Å². The molecule has 1 N–H and O–H groups in total. The third kappa shape index (κ3) is 6.96. The number of likely N-dealkylation sites (N-methyl/N-ethyl adjacent to an activating group) is 1. The van der Waals surface area contributed by atoms with E-state index < -0.39 is 34.4 Å². The van der Waals surface area contributed by atoms with Crippen LogP contribution in [0, 0.1) is 6.92 Å². The highest BCUT2D eigenvalue weighted by molar-refractivity contribution is 7.92. The fourth-order valence-electron chi connectivity index (χ4n) is 3.62. The molecule has 0 aliphatic rings. The Morgan fingerprint density at radius 3 is 2.19 bits per heavy atom. The van der Waals surface area contributed by atoms with Crippen LogP contribution in [0.3, 0.4) is 0 Å². The summed E-state index contributed by atoms with van der Waals surface area (Å²) in [5.74, 6) is -1.04. The normalized spacial score (nSPS) is 12.1. The zero-order valence-electron chi connectivity index (χ0n) is 20.4. The number of rotatable bonds is 9. The topological polar surface area (TPSA) is 86.8 Å². The molecule has 7 nitrogen and oxygen atoms in total. The lowest BCUT2D eigenvalue weighted by Gasteiger charge is -2.32. The first-order valence-electron chi connectivity index (χ1n) is 11.2. The first-order chi connectivity index (χ1) is 17.4. The van der Waals surface area contributed by atoms with Crippen molar-refractivity contribution in [1.82, 2.24) is 10.2 Å². The van der Waals surface area contributed by atoms with E-state index in [4.69, 9.17) is 34.8 Å². The summed E-state index contributed by atoms with van der Waals surface area (Å²) in [7, 11) is -2.72. The molecule has 0 aromatic heterocycles. The van der Waals surface area contributed by atoms with Gasteiger partial charge in [0.05, 0.1) is 10.6 Å². The van der Waals surface area contributed by atoms with Gasteiger partial charge >= 0.3 is 0 Å². The molecular formula is C26H26Cl3N3O4S. The molecule has 196 valence electrons. The van der Waals surface area contributed by atoms with E-state index in [1.165, 1.54) is 36.2 Å².